The van der Waals surface area contributed by atoms with Crippen LogP contribution >= 0.6 is 11.9 Å². The molecule has 0 spiro atoms. The summed E-state index contributed by atoms with van der Waals surface area (Å²) in [4.78, 5) is 12.4. The average molecular weight is 427 g/mol. The number of hydrogen-bond acceptors (Lipinski definition) is 4. The van der Waals surface area contributed by atoms with Crippen molar-refractivity contribution >= 4 is 34.7 Å². The van der Waals surface area contributed by atoms with Gasteiger partial charge in [0.25, 0.3) is 0 Å². The second-order valence-corrected chi connectivity index (χ2v) is 9.00. The zero-order valence-corrected chi connectivity index (χ0v) is 19.5. The molecule has 1 aliphatic carbocycles. The molecule has 1 aromatic heterocycles. The quantitative estimate of drug-likeness (QED) is 0.335. The number of carbonyl (C=O) groups excluding carboxylic acids is 1. The molecule has 4 nitrogen and oxygen atoms in total. The van der Waals surface area contributed by atoms with Crippen molar-refractivity contribution in [2.45, 2.75) is 63.5 Å². The molecule has 3 aromatic rings. The van der Waals surface area contributed by atoms with Gasteiger partial charge in [0.2, 0.25) is 0 Å². The van der Waals surface area contributed by atoms with Crippen molar-refractivity contribution < 1.29 is 9.53 Å². The molecule has 4 rings (SSSR count). The number of H-pyrrole nitrogens is 1. The predicted molar refractivity (Wildman–Crippen MR) is 129 cm³/mol. The van der Waals surface area contributed by atoms with Crippen LogP contribution in [0, 0.1) is 0 Å². The largest absolute Gasteiger partial charge is 0.379 e. The Morgan fingerprint density at radius 1 is 1.10 bits per heavy atom. The maximum Gasteiger partial charge on any atom is 0.119 e. The summed E-state index contributed by atoms with van der Waals surface area (Å²) in [6.07, 6.45) is 6.14. The van der Waals surface area contributed by atoms with E-state index in [2.05, 4.69) is 52.2 Å². The Hall–Kier alpha value is -2.24. The van der Waals surface area contributed by atoms with Crippen LogP contribution in [0.4, 0.5) is 5.69 Å². The third-order valence-electron chi connectivity index (χ3n) is 4.59. The van der Waals surface area contributed by atoms with Crippen molar-refractivity contribution in [3.8, 4) is 0 Å². The first kappa shape index (κ1) is 24.0. The Balaban J connectivity index is 0.000000271. The number of rotatable bonds is 5. The first-order valence-electron chi connectivity index (χ1n) is 10.5. The molecule has 1 aliphatic rings. The van der Waals surface area contributed by atoms with Crippen LogP contribution in [0.15, 0.2) is 59.8 Å². The second-order valence-electron chi connectivity index (χ2n) is 8.15. The van der Waals surface area contributed by atoms with Crippen LogP contribution in [0.5, 0.6) is 0 Å². The number of anilines is 1. The molecule has 0 aliphatic heterocycles. The molecule has 162 valence electrons. The number of nitrogens with one attached hydrogen (secondary N) is 2. The van der Waals surface area contributed by atoms with Gasteiger partial charge in [-0.15, -0.1) is 0 Å². The molecule has 0 saturated heterocycles. The molecule has 0 radical (unpaired) electrons. The van der Waals surface area contributed by atoms with Crippen molar-refractivity contribution in [2.75, 3.05) is 11.8 Å². The Bertz CT molecular complexity index is 897. The van der Waals surface area contributed by atoms with Crippen LogP contribution in [0.1, 0.15) is 58.4 Å². The number of aromatic nitrogens is 1. The van der Waals surface area contributed by atoms with E-state index in [1.54, 1.807) is 19.1 Å². The zero-order valence-electron chi connectivity index (χ0n) is 18.7. The summed E-state index contributed by atoms with van der Waals surface area (Å²) in [5.41, 5.74) is 2.74. The zero-order chi connectivity index (χ0) is 22.0. The van der Waals surface area contributed by atoms with Gasteiger partial charge in [-0.05, 0) is 68.7 Å². The Kier molecular flexibility index (Phi) is 9.47. The fraction of sp³-hybridized carbons (Fsp3) is 0.400. The van der Waals surface area contributed by atoms with Gasteiger partial charge in [-0.25, -0.2) is 0 Å². The van der Waals surface area contributed by atoms with Crippen molar-refractivity contribution in [2.24, 2.45) is 0 Å². The SMILES string of the molecule is CCC=O.COC(C)(C)C.c1c[nH]c(SNc2ccc(C3CC3)c3ccccc23)c1. The number of carbonyl (C=O) groups is 1. The van der Waals surface area contributed by atoms with Gasteiger partial charge in [-0.1, -0.05) is 37.3 Å². The molecule has 0 atom stereocenters. The van der Waals surface area contributed by atoms with Gasteiger partial charge < -0.3 is 19.2 Å². The highest BCUT2D eigenvalue weighted by Crippen LogP contribution is 2.44. The Morgan fingerprint density at radius 3 is 2.23 bits per heavy atom. The summed E-state index contributed by atoms with van der Waals surface area (Å²) in [5.74, 6) is 0.782. The van der Waals surface area contributed by atoms with E-state index in [0.717, 1.165) is 17.2 Å². The van der Waals surface area contributed by atoms with Crippen molar-refractivity contribution in [3.63, 3.8) is 0 Å². The number of fused-ring (bicyclic) bond motifs is 1. The maximum atomic E-state index is 9.17. The molecule has 1 saturated carbocycles. The summed E-state index contributed by atoms with van der Waals surface area (Å²) in [5, 5.41) is 3.84. The smallest absolute Gasteiger partial charge is 0.119 e. The Morgan fingerprint density at radius 2 is 1.73 bits per heavy atom. The van der Waals surface area contributed by atoms with Gasteiger partial charge in [0.15, 0.2) is 0 Å². The molecule has 0 unspecified atom stereocenters. The predicted octanol–water partition coefficient (Wildman–Crippen LogP) is 7.19. The molecule has 1 heterocycles. The summed E-state index contributed by atoms with van der Waals surface area (Å²) in [6.45, 7) is 7.88. The number of methoxy groups -OCH3 is 1. The lowest BCUT2D eigenvalue weighted by Crippen LogP contribution is -2.15. The van der Waals surface area contributed by atoms with E-state index < -0.39 is 0 Å². The minimum Gasteiger partial charge on any atom is -0.379 e. The van der Waals surface area contributed by atoms with Crippen molar-refractivity contribution in [1.29, 1.82) is 0 Å². The van der Waals surface area contributed by atoms with Gasteiger partial charge >= 0.3 is 0 Å². The number of aldehydes is 1. The van der Waals surface area contributed by atoms with Crippen molar-refractivity contribution in [3.05, 3.63) is 60.3 Å². The normalized spacial score (nSPS) is 13.0. The minimum absolute atomic E-state index is 0.0417. The van der Waals surface area contributed by atoms with Gasteiger partial charge in [0.05, 0.1) is 16.3 Å². The highest BCUT2D eigenvalue weighted by Gasteiger charge is 2.25. The van der Waals surface area contributed by atoms with Gasteiger partial charge in [0.1, 0.15) is 6.29 Å². The maximum absolute atomic E-state index is 9.17. The minimum atomic E-state index is 0.0417. The molecule has 30 heavy (non-hydrogen) atoms. The van der Waals surface area contributed by atoms with E-state index in [4.69, 9.17) is 4.74 Å². The van der Waals surface area contributed by atoms with E-state index in [9.17, 15) is 4.79 Å². The first-order valence-corrected chi connectivity index (χ1v) is 11.3. The molecule has 2 aromatic carbocycles. The lowest BCUT2D eigenvalue weighted by molar-refractivity contribution is -0.107. The van der Waals surface area contributed by atoms with Crippen LogP contribution in [-0.4, -0.2) is 24.0 Å². The van der Waals surface area contributed by atoms with Crippen LogP contribution in [0.25, 0.3) is 10.8 Å². The lowest BCUT2D eigenvalue weighted by atomic mass is 10.00. The number of benzene rings is 2. The molecular weight excluding hydrogens is 392 g/mol. The second kappa shape index (κ2) is 11.8. The molecule has 0 bridgehead atoms. The van der Waals surface area contributed by atoms with Crippen LogP contribution < -0.4 is 4.72 Å². The average Bonchev–Trinajstić information content (AvgIpc) is 3.46. The van der Waals surface area contributed by atoms with E-state index in [-0.39, 0.29) is 5.60 Å². The molecule has 2 N–H and O–H groups in total. The van der Waals surface area contributed by atoms with Crippen LogP contribution in [-0.2, 0) is 9.53 Å². The topological polar surface area (TPSA) is 54.1 Å². The summed E-state index contributed by atoms with van der Waals surface area (Å²) in [6, 6.07) is 17.3. The van der Waals surface area contributed by atoms with E-state index in [1.807, 2.05) is 40.0 Å². The Labute approximate surface area is 184 Å². The molecule has 1 fully saturated rings. The van der Waals surface area contributed by atoms with Crippen LogP contribution in [0.2, 0.25) is 0 Å². The fourth-order valence-electron chi connectivity index (χ4n) is 2.65. The molecule has 5 heteroatoms. The highest BCUT2D eigenvalue weighted by atomic mass is 32.2. The standard InChI is InChI=1S/C17H16N2S.C5H12O.C3H6O/c1-2-5-15-14(4-1)13(12-7-8-12)9-10-16(15)19-20-17-6-3-11-18-17;1-5(2,3)6-4;1-2-3-4/h1-6,9-12,18-19H,7-8H2;1-4H3;3H,2H2,1H3. The highest BCUT2D eigenvalue weighted by molar-refractivity contribution is 8.00. The van der Waals surface area contributed by atoms with Crippen molar-refractivity contribution in [1.82, 2.24) is 4.98 Å². The number of aromatic amines is 1. The van der Waals surface area contributed by atoms with Gasteiger partial charge in [-0.2, -0.15) is 0 Å². The van der Waals surface area contributed by atoms with E-state index in [0.29, 0.717) is 6.42 Å². The van der Waals surface area contributed by atoms with E-state index >= 15 is 0 Å². The summed E-state index contributed by atoms with van der Waals surface area (Å²) < 4.78 is 8.40. The monoisotopic (exact) mass is 426 g/mol. The molecule has 0 amide bonds. The number of hydrogen-bond donors (Lipinski definition) is 2. The van der Waals surface area contributed by atoms with Gasteiger partial charge in [-0.3, -0.25) is 0 Å². The number of ether oxygens (including phenoxy) is 1. The van der Waals surface area contributed by atoms with E-state index in [1.165, 1.54) is 34.9 Å². The lowest BCUT2D eigenvalue weighted by Gasteiger charge is -2.14. The van der Waals surface area contributed by atoms with Gasteiger partial charge in [0, 0.05) is 37.1 Å². The first-order chi connectivity index (χ1) is 14.4. The molecular formula is C25H34N2O2S. The summed E-state index contributed by atoms with van der Waals surface area (Å²) >= 11 is 1.62. The third-order valence-corrected chi connectivity index (χ3v) is 5.39. The van der Waals surface area contributed by atoms with Crippen LogP contribution in [0.3, 0.4) is 0 Å². The third kappa shape index (κ3) is 7.88. The summed E-state index contributed by atoms with van der Waals surface area (Å²) in [7, 11) is 1.71. The fourth-order valence-corrected chi connectivity index (χ4v) is 3.32.